The summed E-state index contributed by atoms with van der Waals surface area (Å²) < 4.78 is 31.7. The molecule has 0 aliphatic carbocycles. The molecular weight excluding hydrogens is 479 g/mol. The highest BCUT2D eigenvalue weighted by Gasteiger charge is 2.38. The van der Waals surface area contributed by atoms with Crippen LogP contribution in [0.25, 0.3) is 11.1 Å². The molecule has 33 heavy (non-hydrogen) atoms. The third kappa shape index (κ3) is 8.03. The number of hydrogen-bond donors (Lipinski definition) is 3. The molecule has 0 aliphatic rings. The summed E-state index contributed by atoms with van der Waals surface area (Å²) in [4.78, 5) is 21.0. The van der Waals surface area contributed by atoms with Gasteiger partial charge in [-0.1, -0.05) is 48.0 Å². The van der Waals surface area contributed by atoms with Gasteiger partial charge in [-0.2, -0.15) is 13.2 Å². The first-order valence-corrected chi connectivity index (χ1v) is 10.9. The first-order chi connectivity index (χ1) is 15.5. The molecule has 0 heterocycles. The van der Waals surface area contributed by atoms with E-state index in [1.807, 2.05) is 42.7 Å². The third-order valence-corrected chi connectivity index (χ3v) is 5.35. The molecule has 3 aromatic carbocycles. The van der Waals surface area contributed by atoms with Gasteiger partial charge >= 0.3 is 18.1 Å². The van der Waals surface area contributed by atoms with Gasteiger partial charge in [0.1, 0.15) is 0 Å². The monoisotopic (exact) mass is 497 g/mol. The maximum Gasteiger partial charge on any atom is 0.490 e. The number of carbonyl (C=O) groups is 2. The fourth-order valence-corrected chi connectivity index (χ4v) is 3.34. The van der Waals surface area contributed by atoms with Gasteiger partial charge < -0.3 is 15.5 Å². The summed E-state index contributed by atoms with van der Waals surface area (Å²) in [6, 6.07) is 21.4. The van der Waals surface area contributed by atoms with E-state index in [1.54, 1.807) is 6.07 Å². The Morgan fingerprint density at radius 1 is 0.939 bits per heavy atom. The van der Waals surface area contributed by atoms with Crippen LogP contribution in [0.1, 0.15) is 15.9 Å². The number of thioether (sulfide) groups is 1. The average molecular weight is 498 g/mol. The summed E-state index contributed by atoms with van der Waals surface area (Å²) >= 11 is 7.36. The van der Waals surface area contributed by atoms with Crippen LogP contribution < -0.4 is 5.32 Å². The molecule has 174 valence electrons. The van der Waals surface area contributed by atoms with E-state index < -0.39 is 18.1 Å². The van der Waals surface area contributed by atoms with Crippen molar-refractivity contribution in [3.8, 4) is 11.1 Å². The number of carboxylic acids is 2. The van der Waals surface area contributed by atoms with Crippen LogP contribution in [0.3, 0.4) is 0 Å². The number of benzene rings is 3. The smallest absolute Gasteiger partial charge is 0.478 e. The second kappa shape index (κ2) is 11.6. The van der Waals surface area contributed by atoms with Crippen molar-refractivity contribution in [3.63, 3.8) is 0 Å². The van der Waals surface area contributed by atoms with Crippen molar-refractivity contribution < 1.29 is 33.0 Å². The lowest BCUT2D eigenvalue weighted by molar-refractivity contribution is -0.192. The van der Waals surface area contributed by atoms with Crippen LogP contribution >= 0.6 is 23.4 Å². The number of carboxylic acid groups (broad SMARTS) is 2. The number of anilines is 1. The lowest BCUT2D eigenvalue weighted by atomic mass is 10.0. The van der Waals surface area contributed by atoms with Gasteiger partial charge in [-0.05, 0) is 53.3 Å². The summed E-state index contributed by atoms with van der Waals surface area (Å²) in [7, 11) is 0. The largest absolute Gasteiger partial charge is 0.490 e. The molecule has 0 bridgehead atoms. The van der Waals surface area contributed by atoms with Crippen LogP contribution in [0.2, 0.25) is 5.02 Å². The zero-order valence-corrected chi connectivity index (χ0v) is 18.8. The molecule has 3 rings (SSSR count). The molecule has 3 aromatic rings. The Balaban J connectivity index is 0.000000479. The zero-order chi connectivity index (χ0) is 24.6. The van der Waals surface area contributed by atoms with Crippen LogP contribution in [-0.4, -0.2) is 34.6 Å². The van der Waals surface area contributed by atoms with Gasteiger partial charge in [-0.15, -0.1) is 11.8 Å². The number of rotatable bonds is 6. The molecule has 0 radical (unpaired) electrons. The van der Waals surface area contributed by atoms with Crippen LogP contribution in [0, 0.1) is 0 Å². The van der Waals surface area contributed by atoms with Gasteiger partial charge in [0.2, 0.25) is 0 Å². The number of halogens is 4. The van der Waals surface area contributed by atoms with Crippen molar-refractivity contribution >= 4 is 41.0 Å². The van der Waals surface area contributed by atoms with Gasteiger partial charge in [0.25, 0.3) is 0 Å². The van der Waals surface area contributed by atoms with Gasteiger partial charge in [-0.3, -0.25) is 0 Å². The summed E-state index contributed by atoms with van der Waals surface area (Å²) in [5.74, 6) is -3.67. The molecule has 0 saturated carbocycles. The number of alkyl halides is 3. The first kappa shape index (κ1) is 26.1. The summed E-state index contributed by atoms with van der Waals surface area (Å²) in [5.41, 5.74) is 4.48. The molecule has 0 aliphatic heterocycles. The van der Waals surface area contributed by atoms with E-state index in [0.717, 1.165) is 32.3 Å². The quantitative estimate of drug-likeness (QED) is 0.330. The lowest BCUT2D eigenvalue weighted by Gasteiger charge is -2.10. The lowest BCUT2D eigenvalue weighted by Crippen LogP contribution is -2.21. The minimum atomic E-state index is -5.08. The van der Waals surface area contributed by atoms with E-state index in [4.69, 9.17) is 21.5 Å². The van der Waals surface area contributed by atoms with Crippen molar-refractivity contribution in [1.29, 1.82) is 0 Å². The van der Waals surface area contributed by atoms with E-state index in [-0.39, 0.29) is 0 Å². The Kier molecular flexibility index (Phi) is 9.19. The molecule has 0 fully saturated rings. The zero-order valence-electron chi connectivity index (χ0n) is 17.2. The first-order valence-electron chi connectivity index (χ1n) is 9.31. The fraction of sp³-hybridized carbons (Fsp3) is 0.130. The molecule has 0 unspecified atom stereocenters. The Morgan fingerprint density at radius 2 is 1.45 bits per heavy atom. The molecule has 3 N–H and O–H groups in total. The van der Waals surface area contributed by atoms with E-state index in [9.17, 15) is 23.1 Å². The Bertz CT molecular complexity index is 1100. The van der Waals surface area contributed by atoms with Gasteiger partial charge in [0.05, 0.1) is 5.56 Å². The summed E-state index contributed by atoms with van der Waals surface area (Å²) in [6.07, 6.45) is -3.21. The molecule has 0 aromatic heterocycles. The Labute approximate surface area is 197 Å². The van der Waals surface area contributed by atoms with E-state index in [0.29, 0.717) is 12.1 Å². The molecule has 0 spiro atoms. The molecule has 5 nitrogen and oxygen atoms in total. The van der Waals surface area contributed by atoms with Crippen molar-refractivity contribution in [1.82, 2.24) is 0 Å². The SMILES string of the molecule is CSc1ccc(NCc2ccc(-c3ccc(Cl)cc3)cc2)cc1C(=O)O.O=C(O)C(F)(F)F. The second-order valence-electron chi connectivity index (χ2n) is 6.58. The molecule has 10 heteroatoms. The predicted octanol–water partition coefficient (Wildman–Crippen LogP) is 6.67. The number of nitrogens with one attached hydrogen (secondary N) is 1. The molecular formula is C23H19ClF3NO4S. The van der Waals surface area contributed by atoms with Crippen LogP contribution in [0.15, 0.2) is 71.6 Å². The van der Waals surface area contributed by atoms with Crippen molar-refractivity contribution in [3.05, 3.63) is 82.9 Å². The van der Waals surface area contributed by atoms with Crippen LogP contribution in [-0.2, 0) is 11.3 Å². The summed E-state index contributed by atoms with van der Waals surface area (Å²) in [6.45, 7) is 0.624. The highest BCUT2D eigenvalue weighted by Crippen LogP contribution is 2.25. The van der Waals surface area contributed by atoms with Crippen molar-refractivity contribution in [2.75, 3.05) is 11.6 Å². The van der Waals surface area contributed by atoms with Gasteiger partial charge in [0, 0.05) is 22.2 Å². The molecule has 0 saturated heterocycles. The van der Waals surface area contributed by atoms with Crippen LogP contribution in [0.5, 0.6) is 0 Å². The van der Waals surface area contributed by atoms with E-state index in [2.05, 4.69) is 29.6 Å². The van der Waals surface area contributed by atoms with Crippen molar-refractivity contribution in [2.24, 2.45) is 0 Å². The maximum absolute atomic E-state index is 11.4. The highest BCUT2D eigenvalue weighted by molar-refractivity contribution is 7.98. The second-order valence-corrected chi connectivity index (χ2v) is 7.87. The summed E-state index contributed by atoms with van der Waals surface area (Å²) in [5, 5.41) is 20.4. The Hall–Kier alpha value is -3.17. The van der Waals surface area contributed by atoms with E-state index in [1.165, 1.54) is 11.8 Å². The minimum absolute atomic E-state index is 0.320. The maximum atomic E-state index is 11.4. The molecule has 0 atom stereocenters. The van der Waals surface area contributed by atoms with Gasteiger partial charge in [0.15, 0.2) is 0 Å². The Morgan fingerprint density at radius 3 is 1.91 bits per heavy atom. The third-order valence-electron chi connectivity index (χ3n) is 4.30. The normalized spacial score (nSPS) is 10.7. The predicted molar refractivity (Wildman–Crippen MR) is 123 cm³/mol. The highest BCUT2D eigenvalue weighted by atomic mass is 35.5. The van der Waals surface area contributed by atoms with Crippen LogP contribution in [0.4, 0.5) is 18.9 Å². The number of aromatic carboxylic acids is 1. The number of hydrogen-bond acceptors (Lipinski definition) is 4. The number of aliphatic carboxylic acids is 1. The average Bonchev–Trinajstić information content (AvgIpc) is 2.78. The standard InChI is InChI=1S/C21H18ClNO2S.C2HF3O2/c1-26-20-11-10-18(12-19(20)21(24)25)23-13-14-2-4-15(5-3-14)16-6-8-17(22)9-7-16;3-2(4,5)1(6)7/h2-12,23H,13H2,1H3,(H,24,25);(H,6,7). The van der Waals surface area contributed by atoms with E-state index >= 15 is 0 Å². The minimum Gasteiger partial charge on any atom is -0.478 e. The topological polar surface area (TPSA) is 86.6 Å². The van der Waals surface area contributed by atoms with Gasteiger partial charge in [-0.25, -0.2) is 9.59 Å². The fourth-order valence-electron chi connectivity index (χ4n) is 2.65. The molecule has 0 amide bonds. The van der Waals surface area contributed by atoms with Crippen molar-refractivity contribution in [2.45, 2.75) is 17.6 Å².